The predicted molar refractivity (Wildman–Crippen MR) is 130 cm³/mol. The summed E-state index contributed by atoms with van der Waals surface area (Å²) >= 11 is 6.53. The van der Waals surface area contributed by atoms with Crippen LogP contribution < -0.4 is 9.47 Å². The molecule has 0 radical (unpaired) electrons. The quantitative estimate of drug-likeness (QED) is 0.288. The highest BCUT2D eigenvalue weighted by Gasteiger charge is 2.32. The third kappa shape index (κ3) is 6.34. The first-order valence-corrected chi connectivity index (χ1v) is 11.5. The van der Waals surface area contributed by atoms with Crippen LogP contribution in [0.25, 0.3) is 6.08 Å². The lowest BCUT2D eigenvalue weighted by Gasteiger charge is -2.13. The zero-order valence-corrected chi connectivity index (χ0v) is 19.7. The summed E-state index contributed by atoms with van der Waals surface area (Å²) in [5.74, 6) is 0.664. The number of carbonyl (C=O) groups is 2. The number of hydrogen-bond donors (Lipinski definition) is 0. The molecule has 0 spiro atoms. The van der Waals surface area contributed by atoms with Gasteiger partial charge in [0.25, 0.3) is 5.91 Å². The molecule has 168 valence electrons. The minimum absolute atomic E-state index is 0.108. The van der Waals surface area contributed by atoms with Crippen LogP contribution in [-0.2, 0) is 20.7 Å². The maximum atomic E-state index is 12.7. The second kappa shape index (κ2) is 11.7. The second-order valence-corrected chi connectivity index (χ2v) is 8.56. The maximum Gasteiger partial charge on any atom is 0.307 e. The van der Waals surface area contributed by atoms with Crippen LogP contribution in [0, 0.1) is 0 Å². The van der Waals surface area contributed by atoms with Crippen LogP contribution in [0.5, 0.6) is 11.5 Å². The van der Waals surface area contributed by atoms with Gasteiger partial charge < -0.3 is 14.2 Å². The smallest absolute Gasteiger partial charge is 0.307 e. The Morgan fingerprint density at radius 3 is 2.66 bits per heavy atom. The van der Waals surface area contributed by atoms with E-state index in [1.165, 1.54) is 22.2 Å². The number of thioether (sulfide) groups is 1. The maximum absolute atomic E-state index is 12.7. The Morgan fingerprint density at radius 2 is 1.94 bits per heavy atom. The number of carbonyl (C=O) groups excluding carboxylic acids is 2. The van der Waals surface area contributed by atoms with Gasteiger partial charge in [0, 0.05) is 13.0 Å². The average Bonchev–Trinajstić information content (AvgIpc) is 3.06. The van der Waals surface area contributed by atoms with Crippen molar-refractivity contribution in [1.82, 2.24) is 4.90 Å². The molecule has 1 amide bonds. The van der Waals surface area contributed by atoms with E-state index in [0.717, 1.165) is 12.0 Å². The summed E-state index contributed by atoms with van der Waals surface area (Å²) in [6.45, 7) is 2.79. The van der Waals surface area contributed by atoms with Gasteiger partial charge in [0.15, 0.2) is 11.5 Å². The molecule has 6 nitrogen and oxygen atoms in total. The molecular formula is C24H25NO5S2. The third-order valence-corrected chi connectivity index (χ3v) is 6.07. The number of methoxy groups -OCH3 is 1. The van der Waals surface area contributed by atoms with Crippen LogP contribution in [0.15, 0.2) is 53.4 Å². The lowest BCUT2D eigenvalue weighted by atomic mass is 10.1. The van der Waals surface area contributed by atoms with Crippen LogP contribution in [0.3, 0.4) is 0 Å². The van der Waals surface area contributed by atoms with Crippen molar-refractivity contribution in [3.05, 3.63) is 64.6 Å². The van der Waals surface area contributed by atoms with E-state index in [-0.39, 0.29) is 24.8 Å². The SMILES string of the molecule is CCOC(=O)CCN1C(=O)/C(=C/c2ccc(OCCc3ccccc3)c(OC)c2)SC1=S. The summed E-state index contributed by atoms with van der Waals surface area (Å²) < 4.78 is 16.7. The molecule has 1 fully saturated rings. The van der Waals surface area contributed by atoms with Gasteiger partial charge in [0.1, 0.15) is 4.32 Å². The van der Waals surface area contributed by atoms with Crippen LogP contribution >= 0.6 is 24.0 Å². The van der Waals surface area contributed by atoms with E-state index in [1.807, 2.05) is 36.4 Å². The zero-order chi connectivity index (χ0) is 22.9. The molecule has 1 aliphatic heterocycles. The van der Waals surface area contributed by atoms with Gasteiger partial charge in [-0.1, -0.05) is 60.4 Å². The number of hydrogen-bond acceptors (Lipinski definition) is 7. The average molecular weight is 472 g/mol. The second-order valence-electron chi connectivity index (χ2n) is 6.88. The van der Waals surface area contributed by atoms with Crippen LogP contribution in [0.2, 0.25) is 0 Å². The third-order valence-electron chi connectivity index (χ3n) is 4.70. The zero-order valence-electron chi connectivity index (χ0n) is 18.0. The Morgan fingerprint density at radius 1 is 1.16 bits per heavy atom. The van der Waals surface area contributed by atoms with Gasteiger partial charge in [-0.3, -0.25) is 14.5 Å². The van der Waals surface area contributed by atoms with E-state index in [0.29, 0.717) is 33.9 Å². The first-order valence-electron chi connectivity index (χ1n) is 10.3. The minimum Gasteiger partial charge on any atom is -0.493 e. The normalized spacial score (nSPS) is 14.7. The van der Waals surface area contributed by atoms with Crippen molar-refractivity contribution in [3.63, 3.8) is 0 Å². The van der Waals surface area contributed by atoms with Crippen LogP contribution in [-0.4, -0.2) is 48.0 Å². The van der Waals surface area contributed by atoms with Gasteiger partial charge >= 0.3 is 5.97 Å². The topological polar surface area (TPSA) is 65.1 Å². The van der Waals surface area contributed by atoms with Gasteiger partial charge in [-0.05, 0) is 36.3 Å². The summed E-state index contributed by atoms with van der Waals surface area (Å²) in [7, 11) is 1.58. The van der Waals surface area contributed by atoms with Crippen molar-refractivity contribution in [2.45, 2.75) is 19.8 Å². The van der Waals surface area contributed by atoms with E-state index >= 15 is 0 Å². The molecule has 2 aromatic rings. The van der Waals surface area contributed by atoms with Gasteiger partial charge in [0.2, 0.25) is 0 Å². The monoisotopic (exact) mass is 471 g/mol. The molecule has 1 aliphatic rings. The van der Waals surface area contributed by atoms with Crippen LogP contribution in [0.4, 0.5) is 0 Å². The van der Waals surface area contributed by atoms with Crippen molar-refractivity contribution in [3.8, 4) is 11.5 Å². The highest BCUT2D eigenvalue weighted by atomic mass is 32.2. The fourth-order valence-corrected chi connectivity index (χ4v) is 4.41. The van der Waals surface area contributed by atoms with Crippen LogP contribution in [0.1, 0.15) is 24.5 Å². The number of ether oxygens (including phenoxy) is 3. The molecule has 2 aromatic carbocycles. The molecule has 0 atom stereocenters. The molecule has 0 unspecified atom stereocenters. The van der Waals surface area contributed by atoms with Crippen molar-refractivity contribution in [2.24, 2.45) is 0 Å². The highest BCUT2D eigenvalue weighted by molar-refractivity contribution is 8.26. The Bertz CT molecular complexity index is 1010. The van der Waals surface area contributed by atoms with Crippen molar-refractivity contribution < 1.29 is 23.8 Å². The van der Waals surface area contributed by atoms with E-state index in [1.54, 1.807) is 20.1 Å². The fraction of sp³-hybridized carbons (Fsp3) is 0.292. The van der Waals surface area contributed by atoms with Gasteiger partial charge in [-0.15, -0.1) is 0 Å². The molecule has 0 aliphatic carbocycles. The summed E-state index contributed by atoms with van der Waals surface area (Å²) in [5.41, 5.74) is 2.00. The Labute approximate surface area is 197 Å². The molecule has 1 saturated heterocycles. The Balaban J connectivity index is 1.64. The first kappa shape index (κ1) is 23.8. The molecule has 32 heavy (non-hydrogen) atoms. The van der Waals surface area contributed by atoms with E-state index in [2.05, 4.69) is 12.1 Å². The predicted octanol–water partition coefficient (Wildman–Crippen LogP) is 4.47. The van der Waals surface area contributed by atoms with E-state index < -0.39 is 0 Å². The summed E-state index contributed by atoms with van der Waals surface area (Å²) in [5, 5.41) is 0. The fourth-order valence-electron chi connectivity index (χ4n) is 3.10. The van der Waals surface area contributed by atoms with Crippen molar-refractivity contribution in [1.29, 1.82) is 0 Å². The number of nitrogens with zero attached hydrogens (tertiary/aromatic N) is 1. The molecule has 3 rings (SSSR count). The van der Waals surface area contributed by atoms with Crippen molar-refractivity contribution in [2.75, 3.05) is 26.9 Å². The van der Waals surface area contributed by atoms with Gasteiger partial charge in [0.05, 0.1) is 31.6 Å². The van der Waals surface area contributed by atoms with Gasteiger partial charge in [-0.2, -0.15) is 0 Å². The number of thiocarbonyl (C=S) groups is 1. The molecule has 0 aromatic heterocycles. The molecular weight excluding hydrogens is 446 g/mol. The molecule has 0 saturated carbocycles. The number of esters is 1. The Hall–Kier alpha value is -2.84. The standard InChI is InChI=1S/C24H25NO5S2/c1-3-29-22(26)11-13-25-23(27)21(32-24(25)31)16-18-9-10-19(20(15-18)28-2)30-14-12-17-7-5-4-6-8-17/h4-10,15-16H,3,11-14H2,1-2H3/b21-16-. The Kier molecular flexibility index (Phi) is 8.70. The lowest BCUT2D eigenvalue weighted by molar-refractivity contribution is -0.143. The van der Waals surface area contributed by atoms with E-state index in [4.69, 9.17) is 26.4 Å². The van der Waals surface area contributed by atoms with E-state index in [9.17, 15) is 9.59 Å². The first-order chi connectivity index (χ1) is 15.5. The number of benzene rings is 2. The minimum atomic E-state index is -0.349. The van der Waals surface area contributed by atoms with Gasteiger partial charge in [-0.25, -0.2) is 0 Å². The number of rotatable bonds is 10. The van der Waals surface area contributed by atoms with Crippen molar-refractivity contribution >= 4 is 46.3 Å². The molecule has 1 heterocycles. The lowest BCUT2D eigenvalue weighted by Crippen LogP contribution is -2.30. The highest BCUT2D eigenvalue weighted by Crippen LogP contribution is 2.35. The summed E-state index contributed by atoms with van der Waals surface area (Å²) in [4.78, 5) is 26.3. The summed E-state index contributed by atoms with van der Waals surface area (Å²) in [6, 6.07) is 15.6. The summed E-state index contributed by atoms with van der Waals surface area (Å²) in [6.07, 6.45) is 2.66. The molecule has 0 N–H and O–H groups in total. The molecule has 8 heteroatoms. The largest absolute Gasteiger partial charge is 0.493 e. The number of amides is 1. The molecule has 0 bridgehead atoms.